The first-order chi connectivity index (χ1) is 16.9. The molecular formula is C20H25F5N4O6S2. The Labute approximate surface area is 210 Å². The molecule has 1 saturated heterocycles. The Hall–Kier alpha value is -2.18. The minimum Gasteiger partial charge on any atom is -0.357 e. The molecule has 3 N–H and O–H groups in total. The van der Waals surface area contributed by atoms with Crippen molar-refractivity contribution >= 4 is 20.1 Å². The molecule has 17 heteroatoms. The van der Waals surface area contributed by atoms with Gasteiger partial charge in [-0.3, -0.25) is 9.45 Å². The third-order valence-electron chi connectivity index (χ3n) is 5.89. The molecule has 2 aromatic rings. The molecule has 10 nitrogen and oxygen atoms in total. The smallest absolute Gasteiger partial charge is 0.357 e. The second-order valence-corrected chi connectivity index (χ2v) is 12.2. The van der Waals surface area contributed by atoms with Crippen molar-refractivity contribution in [3.05, 3.63) is 52.9 Å². The normalized spacial score (nSPS) is 24.9. The van der Waals surface area contributed by atoms with E-state index in [2.05, 4.69) is 5.10 Å². The number of nitrogens with zero attached hydrogens (tertiary/aromatic N) is 3. The van der Waals surface area contributed by atoms with E-state index in [0.717, 1.165) is 28.5 Å². The lowest BCUT2D eigenvalue weighted by atomic mass is 9.89. The van der Waals surface area contributed by atoms with Gasteiger partial charge in [-0.25, -0.2) is 17.2 Å². The largest absolute Gasteiger partial charge is 0.416 e. The number of nitrogens with two attached hydrogens (primary N) is 1. The standard InChI is InChI=1S/C18H19F5N4O3S.C2H6O3S/c1-31(28,29)27-7-9-6-26(8-14(9)25-27)15-5-13(24)16(30-17(15)18(21,22)23)11-4-10(19)2-3-12(11)20;1-2-6(3,4)5/h2-4,7,13,15-17H,5-6,8,24H2,1H3;2H2,1H3,(H,3,4,5)/t13-,15+,16+,17-;/m0./s1. The quantitative estimate of drug-likeness (QED) is 0.412. The molecule has 0 spiro atoms. The highest BCUT2D eigenvalue weighted by Crippen LogP contribution is 2.42. The molecule has 0 unspecified atom stereocenters. The van der Waals surface area contributed by atoms with E-state index in [1.54, 1.807) is 0 Å². The number of fused-ring (bicyclic) bond motifs is 1. The Balaban J connectivity index is 0.000000568. The Morgan fingerprint density at radius 1 is 1.19 bits per heavy atom. The number of alkyl halides is 3. The van der Waals surface area contributed by atoms with Crippen LogP contribution in [0.25, 0.3) is 0 Å². The lowest BCUT2D eigenvalue weighted by molar-refractivity contribution is -0.269. The summed E-state index contributed by atoms with van der Waals surface area (Å²) in [5, 5.41) is 3.94. The van der Waals surface area contributed by atoms with E-state index in [1.165, 1.54) is 18.0 Å². The maximum absolute atomic E-state index is 14.2. The molecule has 0 saturated carbocycles. The fraction of sp³-hybridized carbons (Fsp3) is 0.550. The predicted molar refractivity (Wildman–Crippen MR) is 120 cm³/mol. The van der Waals surface area contributed by atoms with E-state index in [-0.39, 0.29) is 30.8 Å². The Morgan fingerprint density at radius 3 is 2.32 bits per heavy atom. The first kappa shape index (κ1) is 29.4. The molecule has 0 amide bonds. The average molecular weight is 577 g/mol. The zero-order valence-corrected chi connectivity index (χ0v) is 21.2. The van der Waals surface area contributed by atoms with Crippen LogP contribution in [0, 0.1) is 11.6 Å². The van der Waals surface area contributed by atoms with Crippen molar-refractivity contribution in [3.63, 3.8) is 0 Å². The van der Waals surface area contributed by atoms with Gasteiger partial charge in [0, 0.05) is 42.5 Å². The summed E-state index contributed by atoms with van der Waals surface area (Å²) in [7, 11) is -7.28. The summed E-state index contributed by atoms with van der Waals surface area (Å²) in [6.07, 6.45) is -6.53. The number of benzene rings is 1. The number of halogens is 5. The van der Waals surface area contributed by atoms with Crippen LogP contribution in [0.5, 0.6) is 0 Å². The number of aromatic nitrogens is 2. The van der Waals surface area contributed by atoms with Crippen molar-refractivity contribution < 1.29 is 48.1 Å². The summed E-state index contributed by atoms with van der Waals surface area (Å²) in [6.45, 7) is 1.37. The first-order valence-electron chi connectivity index (χ1n) is 10.8. The topological polar surface area (TPSA) is 145 Å². The zero-order chi connectivity index (χ0) is 27.9. The van der Waals surface area contributed by atoms with Gasteiger partial charge in [-0.1, -0.05) is 0 Å². The second-order valence-electron chi connectivity index (χ2n) is 8.66. The first-order valence-corrected chi connectivity index (χ1v) is 14.3. The third-order valence-corrected chi connectivity index (χ3v) is 7.48. The summed E-state index contributed by atoms with van der Waals surface area (Å²) in [4.78, 5) is 1.46. The van der Waals surface area contributed by atoms with Gasteiger partial charge >= 0.3 is 6.18 Å². The SMILES string of the molecule is CCS(=O)(=O)O.CS(=O)(=O)n1cc2c(n1)CN([C@@H]1C[C@H](N)[C@@H](c3cc(F)ccc3F)O[C@@H]1C(F)(F)F)C2. The lowest BCUT2D eigenvalue weighted by Crippen LogP contribution is -2.58. The van der Waals surface area contributed by atoms with Gasteiger partial charge < -0.3 is 10.5 Å². The fourth-order valence-electron chi connectivity index (χ4n) is 4.10. The molecule has 0 radical (unpaired) electrons. The minimum atomic E-state index is -4.79. The van der Waals surface area contributed by atoms with Gasteiger partial charge in [0.15, 0.2) is 6.10 Å². The maximum Gasteiger partial charge on any atom is 0.416 e. The van der Waals surface area contributed by atoms with E-state index in [4.69, 9.17) is 15.0 Å². The van der Waals surface area contributed by atoms with Crippen molar-refractivity contribution in [1.29, 1.82) is 0 Å². The molecule has 37 heavy (non-hydrogen) atoms. The van der Waals surface area contributed by atoms with Gasteiger partial charge in [0.2, 0.25) is 0 Å². The number of hydrogen-bond donors (Lipinski definition) is 2. The van der Waals surface area contributed by atoms with Gasteiger partial charge in [-0.15, -0.1) is 0 Å². The van der Waals surface area contributed by atoms with Gasteiger partial charge in [-0.05, 0) is 31.5 Å². The van der Waals surface area contributed by atoms with E-state index in [9.17, 15) is 38.8 Å². The molecule has 2 aliphatic heterocycles. The maximum atomic E-state index is 14.2. The van der Waals surface area contributed by atoms with Crippen molar-refractivity contribution in [2.24, 2.45) is 5.73 Å². The van der Waals surface area contributed by atoms with Gasteiger partial charge in [0.25, 0.3) is 20.1 Å². The van der Waals surface area contributed by atoms with E-state index in [1.807, 2.05) is 0 Å². The van der Waals surface area contributed by atoms with Crippen LogP contribution in [0.15, 0.2) is 24.4 Å². The summed E-state index contributed by atoms with van der Waals surface area (Å²) in [5.74, 6) is -1.92. The second kappa shape index (κ2) is 10.5. The van der Waals surface area contributed by atoms with Crippen LogP contribution in [0.2, 0.25) is 0 Å². The molecule has 2 aliphatic rings. The highest BCUT2D eigenvalue weighted by Gasteiger charge is 2.54. The summed E-state index contributed by atoms with van der Waals surface area (Å²) in [5.41, 5.74) is 6.51. The van der Waals surface area contributed by atoms with Crippen LogP contribution in [0.3, 0.4) is 0 Å². The van der Waals surface area contributed by atoms with E-state index in [0.29, 0.717) is 11.3 Å². The van der Waals surface area contributed by atoms with Gasteiger partial charge in [0.1, 0.15) is 17.7 Å². The van der Waals surface area contributed by atoms with Crippen LogP contribution < -0.4 is 5.73 Å². The Kier molecular flexibility index (Phi) is 8.36. The van der Waals surface area contributed by atoms with Gasteiger partial charge in [-0.2, -0.15) is 30.8 Å². The van der Waals surface area contributed by atoms with Crippen molar-refractivity contribution in [2.45, 2.75) is 56.9 Å². The molecule has 0 bridgehead atoms. The van der Waals surface area contributed by atoms with E-state index >= 15 is 0 Å². The van der Waals surface area contributed by atoms with Gasteiger partial charge in [0.05, 0.1) is 17.7 Å². The van der Waals surface area contributed by atoms with Crippen LogP contribution in [0.4, 0.5) is 22.0 Å². The molecule has 0 aliphatic carbocycles. The average Bonchev–Trinajstić information content (AvgIpc) is 3.34. The Bertz CT molecular complexity index is 1330. The molecule has 208 valence electrons. The van der Waals surface area contributed by atoms with Crippen molar-refractivity contribution in [2.75, 3.05) is 12.0 Å². The molecular weight excluding hydrogens is 551 g/mol. The molecule has 4 atom stereocenters. The summed E-state index contributed by atoms with van der Waals surface area (Å²) in [6, 6.07) is 0.226. The van der Waals surface area contributed by atoms with Crippen molar-refractivity contribution in [3.8, 4) is 0 Å². The summed E-state index contributed by atoms with van der Waals surface area (Å²) < 4.78 is 125. The molecule has 1 aromatic heterocycles. The monoisotopic (exact) mass is 576 g/mol. The minimum absolute atomic E-state index is 0.0236. The number of ether oxygens (including phenoxy) is 1. The highest BCUT2D eigenvalue weighted by atomic mass is 32.2. The van der Waals surface area contributed by atoms with Crippen LogP contribution >= 0.6 is 0 Å². The molecule has 1 fully saturated rings. The molecule has 3 heterocycles. The zero-order valence-electron chi connectivity index (χ0n) is 19.6. The predicted octanol–water partition coefficient (Wildman–Crippen LogP) is 1.97. The third kappa shape index (κ3) is 7.02. The van der Waals surface area contributed by atoms with Crippen LogP contribution in [0.1, 0.15) is 36.3 Å². The molecule has 4 rings (SSSR count). The lowest BCUT2D eigenvalue weighted by Gasteiger charge is -2.44. The Morgan fingerprint density at radius 2 is 1.81 bits per heavy atom. The van der Waals surface area contributed by atoms with E-state index < -0.39 is 62.2 Å². The number of hydrogen-bond acceptors (Lipinski definition) is 8. The fourth-order valence-corrected chi connectivity index (χ4v) is 4.67. The summed E-state index contributed by atoms with van der Waals surface area (Å²) >= 11 is 0. The highest BCUT2D eigenvalue weighted by molar-refractivity contribution is 7.89. The number of rotatable bonds is 4. The van der Waals surface area contributed by atoms with Crippen LogP contribution in [-0.2, 0) is 38.0 Å². The molecule has 1 aromatic carbocycles. The van der Waals surface area contributed by atoms with Crippen molar-refractivity contribution in [1.82, 2.24) is 14.1 Å². The van der Waals surface area contributed by atoms with Crippen LogP contribution in [-0.4, -0.2) is 71.8 Å².